The van der Waals surface area contributed by atoms with E-state index in [1.54, 1.807) is 12.1 Å². The molecule has 0 radical (unpaired) electrons. The van der Waals surface area contributed by atoms with Gasteiger partial charge in [0.2, 0.25) is 5.91 Å². The number of nitrogens with one attached hydrogen (secondary N) is 2. The van der Waals surface area contributed by atoms with Crippen molar-refractivity contribution < 1.29 is 14.3 Å². The van der Waals surface area contributed by atoms with E-state index < -0.39 is 5.91 Å². The van der Waals surface area contributed by atoms with Crippen LogP contribution in [0.25, 0.3) is 0 Å². The Hall–Kier alpha value is -1.88. The van der Waals surface area contributed by atoms with Gasteiger partial charge in [-0.1, -0.05) is 18.2 Å². The summed E-state index contributed by atoms with van der Waals surface area (Å²) in [6.45, 7) is 1.51. The van der Waals surface area contributed by atoms with E-state index in [4.69, 9.17) is 4.74 Å². The maximum atomic E-state index is 11.8. The number of imide groups is 1. The molecule has 0 aliphatic carbocycles. The van der Waals surface area contributed by atoms with Crippen molar-refractivity contribution in [2.24, 2.45) is 5.92 Å². The number of benzene rings is 1. The van der Waals surface area contributed by atoms with Crippen LogP contribution in [0.5, 0.6) is 5.75 Å². The van der Waals surface area contributed by atoms with Gasteiger partial charge in [-0.25, -0.2) is 0 Å². The van der Waals surface area contributed by atoms with Gasteiger partial charge in [0.05, 0.1) is 0 Å². The lowest BCUT2D eigenvalue weighted by molar-refractivity contribution is -0.134. The van der Waals surface area contributed by atoms with Gasteiger partial charge in [0, 0.05) is 5.92 Å². The van der Waals surface area contributed by atoms with Gasteiger partial charge < -0.3 is 10.1 Å². The predicted octanol–water partition coefficient (Wildman–Crippen LogP) is 0.708. The van der Waals surface area contributed by atoms with Gasteiger partial charge in [0.25, 0.3) is 5.91 Å². The molecule has 5 heteroatoms. The first-order valence-corrected chi connectivity index (χ1v) is 6.48. The molecule has 1 saturated heterocycles. The van der Waals surface area contributed by atoms with E-state index in [0.717, 1.165) is 25.9 Å². The van der Waals surface area contributed by atoms with Crippen LogP contribution < -0.4 is 15.4 Å². The van der Waals surface area contributed by atoms with Gasteiger partial charge in [-0.3, -0.25) is 14.9 Å². The molecule has 0 unspecified atom stereocenters. The number of carbonyl (C=O) groups excluding carboxylic acids is 2. The predicted molar refractivity (Wildman–Crippen MR) is 70.7 cm³/mol. The Kier molecular flexibility index (Phi) is 4.92. The molecule has 1 aromatic carbocycles. The molecule has 0 bridgehead atoms. The van der Waals surface area contributed by atoms with Crippen LogP contribution >= 0.6 is 0 Å². The standard InChI is InChI=1S/C14H18N2O3/c17-13(10-19-12-4-2-1-3-5-12)16-14(18)11-6-8-15-9-7-11/h1-5,11,15H,6-10H2,(H,16,17,18). The number of piperidine rings is 1. The minimum Gasteiger partial charge on any atom is -0.484 e. The van der Waals surface area contributed by atoms with Gasteiger partial charge >= 0.3 is 0 Å². The lowest BCUT2D eigenvalue weighted by Gasteiger charge is -2.21. The zero-order chi connectivity index (χ0) is 13.5. The van der Waals surface area contributed by atoms with Gasteiger partial charge in [0.15, 0.2) is 6.61 Å². The van der Waals surface area contributed by atoms with Crippen LogP contribution in [-0.2, 0) is 9.59 Å². The van der Waals surface area contributed by atoms with Crippen molar-refractivity contribution in [3.8, 4) is 5.75 Å². The molecule has 0 aromatic heterocycles. The maximum Gasteiger partial charge on any atom is 0.264 e. The smallest absolute Gasteiger partial charge is 0.264 e. The van der Waals surface area contributed by atoms with Crippen molar-refractivity contribution in [2.75, 3.05) is 19.7 Å². The van der Waals surface area contributed by atoms with Gasteiger partial charge in [-0.15, -0.1) is 0 Å². The van der Waals surface area contributed by atoms with E-state index in [0.29, 0.717) is 5.75 Å². The molecule has 1 aliphatic heterocycles. The lowest BCUT2D eigenvalue weighted by Crippen LogP contribution is -2.42. The van der Waals surface area contributed by atoms with Crippen LogP contribution in [0.3, 0.4) is 0 Å². The van der Waals surface area contributed by atoms with Gasteiger partial charge in [0.1, 0.15) is 5.75 Å². The summed E-state index contributed by atoms with van der Waals surface area (Å²) in [5, 5.41) is 5.57. The van der Waals surface area contributed by atoms with Crippen molar-refractivity contribution in [3.05, 3.63) is 30.3 Å². The third-order valence-corrected chi connectivity index (χ3v) is 3.09. The van der Waals surface area contributed by atoms with Gasteiger partial charge in [-0.2, -0.15) is 0 Å². The molecular formula is C14H18N2O3. The number of carbonyl (C=O) groups is 2. The second-order valence-electron chi connectivity index (χ2n) is 4.54. The summed E-state index contributed by atoms with van der Waals surface area (Å²) in [4.78, 5) is 23.4. The largest absolute Gasteiger partial charge is 0.484 e. The molecule has 1 aromatic rings. The summed E-state index contributed by atoms with van der Waals surface area (Å²) in [6.07, 6.45) is 1.55. The Morgan fingerprint density at radius 3 is 2.58 bits per heavy atom. The molecule has 1 heterocycles. The van der Waals surface area contributed by atoms with Crippen LogP contribution in [0.1, 0.15) is 12.8 Å². The number of hydrogen-bond donors (Lipinski definition) is 2. The Labute approximate surface area is 112 Å². The molecule has 2 N–H and O–H groups in total. The number of ether oxygens (including phenoxy) is 1. The molecule has 2 rings (SSSR count). The second-order valence-corrected chi connectivity index (χ2v) is 4.54. The van der Waals surface area contributed by atoms with Crippen molar-refractivity contribution in [3.63, 3.8) is 0 Å². The summed E-state index contributed by atoms with van der Waals surface area (Å²) >= 11 is 0. The number of amides is 2. The first-order chi connectivity index (χ1) is 9.25. The fraction of sp³-hybridized carbons (Fsp3) is 0.429. The van der Waals surface area contributed by atoms with E-state index in [-0.39, 0.29) is 18.4 Å². The van der Waals surface area contributed by atoms with Crippen molar-refractivity contribution in [1.29, 1.82) is 0 Å². The fourth-order valence-electron chi connectivity index (χ4n) is 2.03. The number of hydrogen-bond acceptors (Lipinski definition) is 4. The average molecular weight is 262 g/mol. The highest BCUT2D eigenvalue weighted by atomic mass is 16.5. The molecule has 19 heavy (non-hydrogen) atoms. The van der Waals surface area contributed by atoms with Crippen molar-refractivity contribution in [1.82, 2.24) is 10.6 Å². The van der Waals surface area contributed by atoms with E-state index in [9.17, 15) is 9.59 Å². The molecular weight excluding hydrogens is 244 g/mol. The van der Waals surface area contributed by atoms with Crippen LogP contribution in [0.2, 0.25) is 0 Å². The van der Waals surface area contributed by atoms with E-state index in [1.807, 2.05) is 18.2 Å². The summed E-state index contributed by atoms with van der Waals surface area (Å²) in [7, 11) is 0. The highest BCUT2D eigenvalue weighted by Gasteiger charge is 2.22. The van der Waals surface area contributed by atoms with Crippen LogP contribution in [0.4, 0.5) is 0 Å². The third kappa shape index (κ3) is 4.37. The highest BCUT2D eigenvalue weighted by Crippen LogP contribution is 2.11. The first kappa shape index (κ1) is 13.5. The Morgan fingerprint density at radius 2 is 1.89 bits per heavy atom. The molecule has 1 fully saturated rings. The normalized spacial score (nSPS) is 15.8. The fourth-order valence-corrected chi connectivity index (χ4v) is 2.03. The quantitative estimate of drug-likeness (QED) is 0.838. The molecule has 0 atom stereocenters. The summed E-state index contributed by atoms with van der Waals surface area (Å²) in [5.41, 5.74) is 0. The first-order valence-electron chi connectivity index (χ1n) is 6.48. The summed E-state index contributed by atoms with van der Waals surface area (Å²) < 4.78 is 5.28. The monoisotopic (exact) mass is 262 g/mol. The topological polar surface area (TPSA) is 67.4 Å². The lowest BCUT2D eigenvalue weighted by atomic mass is 9.97. The molecule has 5 nitrogen and oxygen atoms in total. The van der Waals surface area contributed by atoms with Crippen molar-refractivity contribution in [2.45, 2.75) is 12.8 Å². The second kappa shape index (κ2) is 6.89. The number of rotatable bonds is 4. The van der Waals surface area contributed by atoms with Crippen LogP contribution in [0, 0.1) is 5.92 Å². The maximum absolute atomic E-state index is 11.8. The highest BCUT2D eigenvalue weighted by molar-refractivity contribution is 5.96. The SMILES string of the molecule is O=C(COc1ccccc1)NC(=O)C1CCNCC1. The van der Waals surface area contributed by atoms with E-state index >= 15 is 0 Å². The zero-order valence-electron chi connectivity index (χ0n) is 10.7. The molecule has 102 valence electrons. The third-order valence-electron chi connectivity index (χ3n) is 3.09. The summed E-state index contributed by atoms with van der Waals surface area (Å²) in [5.74, 6) is -0.0376. The van der Waals surface area contributed by atoms with Crippen molar-refractivity contribution >= 4 is 11.8 Å². The Balaban J connectivity index is 1.73. The number of para-hydroxylation sites is 1. The summed E-state index contributed by atoms with van der Waals surface area (Å²) in [6, 6.07) is 9.05. The Morgan fingerprint density at radius 1 is 1.21 bits per heavy atom. The minimum absolute atomic E-state index is 0.0677. The minimum atomic E-state index is -0.396. The molecule has 0 spiro atoms. The van der Waals surface area contributed by atoms with Crippen LogP contribution in [-0.4, -0.2) is 31.5 Å². The van der Waals surface area contributed by atoms with E-state index in [1.165, 1.54) is 0 Å². The average Bonchev–Trinajstić information content (AvgIpc) is 2.47. The van der Waals surface area contributed by atoms with Gasteiger partial charge in [-0.05, 0) is 38.1 Å². The Bertz CT molecular complexity index is 428. The zero-order valence-corrected chi connectivity index (χ0v) is 10.7. The molecule has 1 aliphatic rings. The molecule has 2 amide bonds. The molecule has 0 saturated carbocycles. The van der Waals surface area contributed by atoms with E-state index in [2.05, 4.69) is 10.6 Å². The van der Waals surface area contributed by atoms with Crippen LogP contribution in [0.15, 0.2) is 30.3 Å².